The summed E-state index contributed by atoms with van der Waals surface area (Å²) in [6.45, 7) is 0.570. The number of carbonyl (C=O) groups excluding carboxylic acids is 1. The summed E-state index contributed by atoms with van der Waals surface area (Å²) in [5.41, 5.74) is 1.16. The molecular weight excluding hydrogens is 224 g/mol. The predicted molar refractivity (Wildman–Crippen MR) is 70.1 cm³/mol. The second-order valence-electron chi connectivity index (χ2n) is 5.60. The molecule has 1 aromatic rings. The van der Waals surface area contributed by atoms with Crippen LogP contribution >= 0.6 is 0 Å². The van der Waals surface area contributed by atoms with Crippen LogP contribution in [-0.4, -0.2) is 11.9 Å². The average Bonchev–Trinajstić information content (AvgIpc) is 2.73. The van der Waals surface area contributed by atoms with Gasteiger partial charge < -0.3 is 4.74 Å². The molecular formula is C16H20O2. The van der Waals surface area contributed by atoms with Gasteiger partial charge in [-0.2, -0.15) is 0 Å². The lowest BCUT2D eigenvalue weighted by Crippen LogP contribution is -2.28. The predicted octanol–water partition coefficient (Wildman–Crippen LogP) is 3.35. The number of ketones is 1. The summed E-state index contributed by atoms with van der Waals surface area (Å²) in [5.74, 6) is 1.44. The van der Waals surface area contributed by atoms with Gasteiger partial charge >= 0.3 is 0 Å². The Balaban J connectivity index is 1.63. The van der Waals surface area contributed by atoms with Crippen molar-refractivity contribution in [2.24, 2.45) is 11.8 Å². The Labute approximate surface area is 108 Å². The molecule has 2 fully saturated rings. The fourth-order valence-electron chi connectivity index (χ4n) is 3.48. The number of rotatable bonds is 3. The van der Waals surface area contributed by atoms with Gasteiger partial charge in [-0.1, -0.05) is 43.2 Å². The van der Waals surface area contributed by atoms with Crippen molar-refractivity contribution in [1.29, 1.82) is 0 Å². The van der Waals surface area contributed by atoms with Gasteiger partial charge in [-0.15, -0.1) is 0 Å². The fraction of sp³-hybridized carbons (Fsp3) is 0.562. The number of fused-ring (bicyclic) bond motifs is 1. The average molecular weight is 244 g/mol. The molecule has 2 nitrogen and oxygen atoms in total. The maximum atomic E-state index is 12.0. The zero-order valence-electron chi connectivity index (χ0n) is 10.7. The lowest BCUT2D eigenvalue weighted by molar-refractivity contribution is -0.130. The Morgan fingerprint density at radius 2 is 1.89 bits per heavy atom. The summed E-state index contributed by atoms with van der Waals surface area (Å²) in [5, 5.41) is 0. The molecule has 0 amide bonds. The van der Waals surface area contributed by atoms with Crippen molar-refractivity contribution in [3.05, 3.63) is 35.9 Å². The van der Waals surface area contributed by atoms with Crippen molar-refractivity contribution in [3.63, 3.8) is 0 Å². The van der Waals surface area contributed by atoms with Gasteiger partial charge in [0.05, 0.1) is 6.61 Å². The van der Waals surface area contributed by atoms with E-state index in [1.54, 1.807) is 0 Å². The van der Waals surface area contributed by atoms with Gasteiger partial charge in [0, 0.05) is 6.42 Å². The van der Waals surface area contributed by atoms with E-state index in [2.05, 4.69) is 12.1 Å². The van der Waals surface area contributed by atoms with E-state index >= 15 is 0 Å². The Morgan fingerprint density at radius 1 is 1.11 bits per heavy atom. The zero-order valence-corrected chi connectivity index (χ0v) is 10.7. The first kappa shape index (κ1) is 11.9. The lowest BCUT2D eigenvalue weighted by atomic mass is 9.81. The second kappa shape index (κ2) is 5.23. The summed E-state index contributed by atoms with van der Waals surface area (Å²) < 4.78 is 5.92. The van der Waals surface area contributed by atoms with Gasteiger partial charge in [0.25, 0.3) is 0 Å². The summed E-state index contributed by atoms with van der Waals surface area (Å²) in [6, 6.07) is 10.1. The first-order valence-electron chi connectivity index (χ1n) is 7.03. The monoisotopic (exact) mass is 244 g/mol. The number of benzene rings is 1. The number of carbonyl (C=O) groups is 1. The van der Waals surface area contributed by atoms with Gasteiger partial charge in [-0.25, -0.2) is 0 Å². The van der Waals surface area contributed by atoms with E-state index in [1.807, 2.05) is 18.2 Å². The van der Waals surface area contributed by atoms with Crippen molar-refractivity contribution < 1.29 is 9.53 Å². The summed E-state index contributed by atoms with van der Waals surface area (Å²) in [4.78, 5) is 12.0. The number of ether oxygens (including phenoxy) is 1. The highest BCUT2D eigenvalue weighted by atomic mass is 16.5. The minimum Gasteiger partial charge on any atom is -0.365 e. The molecule has 2 aliphatic carbocycles. The second-order valence-corrected chi connectivity index (χ2v) is 5.60. The summed E-state index contributed by atoms with van der Waals surface area (Å²) >= 11 is 0. The van der Waals surface area contributed by atoms with Crippen LogP contribution in [0.5, 0.6) is 0 Å². The van der Waals surface area contributed by atoms with Gasteiger partial charge in [0.15, 0.2) is 5.78 Å². The molecule has 0 bridgehead atoms. The first-order chi connectivity index (χ1) is 8.84. The van der Waals surface area contributed by atoms with E-state index in [0.717, 1.165) is 12.0 Å². The topological polar surface area (TPSA) is 26.3 Å². The SMILES string of the molecule is O=C1C[C@@H]2CCCC[C@@H]2[C@H]1OCc1ccccc1. The van der Waals surface area contributed by atoms with Crippen LogP contribution in [0.25, 0.3) is 0 Å². The van der Waals surface area contributed by atoms with Crippen LogP contribution < -0.4 is 0 Å². The quantitative estimate of drug-likeness (QED) is 0.815. The normalized spacial score (nSPS) is 31.3. The molecule has 0 aromatic heterocycles. The molecule has 0 spiro atoms. The van der Waals surface area contributed by atoms with E-state index in [1.165, 1.54) is 25.7 Å². The highest BCUT2D eigenvalue weighted by molar-refractivity contribution is 5.86. The Hall–Kier alpha value is -1.15. The molecule has 2 heteroatoms. The Bertz CT molecular complexity index is 412. The highest BCUT2D eigenvalue weighted by Gasteiger charge is 2.43. The molecule has 1 aromatic carbocycles. The van der Waals surface area contributed by atoms with Crippen LogP contribution in [0.1, 0.15) is 37.7 Å². The number of Topliss-reactive ketones (excluding diaryl/α,β-unsaturated/α-hetero) is 1. The van der Waals surface area contributed by atoms with E-state index < -0.39 is 0 Å². The minimum atomic E-state index is -0.129. The molecule has 2 saturated carbocycles. The molecule has 3 atom stereocenters. The van der Waals surface area contributed by atoms with Gasteiger partial charge in [0.2, 0.25) is 0 Å². The first-order valence-corrected chi connectivity index (χ1v) is 7.03. The smallest absolute Gasteiger partial charge is 0.162 e. The molecule has 18 heavy (non-hydrogen) atoms. The van der Waals surface area contributed by atoms with Crippen LogP contribution in [0, 0.1) is 11.8 Å². The molecule has 3 rings (SSSR count). The van der Waals surface area contributed by atoms with Crippen molar-refractivity contribution >= 4 is 5.78 Å². The molecule has 96 valence electrons. The highest BCUT2D eigenvalue weighted by Crippen LogP contribution is 2.42. The van der Waals surface area contributed by atoms with Crippen LogP contribution in [0.2, 0.25) is 0 Å². The lowest BCUT2D eigenvalue weighted by Gasteiger charge is -2.28. The molecule has 2 aliphatic rings. The van der Waals surface area contributed by atoms with E-state index in [4.69, 9.17) is 4.74 Å². The van der Waals surface area contributed by atoms with Crippen LogP contribution in [0.4, 0.5) is 0 Å². The molecule has 0 unspecified atom stereocenters. The maximum Gasteiger partial charge on any atom is 0.162 e. The van der Waals surface area contributed by atoms with Crippen LogP contribution in [-0.2, 0) is 16.1 Å². The van der Waals surface area contributed by atoms with E-state index in [9.17, 15) is 4.79 Å². The Morgan fingerprint density at radius 3 is 2.72 bits per heavy atom. The van der Waals surface area contributed by atoms with Gasteiger partial charge in [-0.3, -0.25) is 4.79 Å². The van der Waals surface area contributed by atoms with Crippen molar-refractivity contribution in [2.45, 2.75) is 44.8 Å². The maximum absolute atomic E-state index is 12.0. The minimum absolute atomic E-state index is 0.129. The molecule has 0 saturated heterocycles. The van der Waals surface area contributed by atoms with E-state index in [-0.39, 0.29) is 6.10 Å². The molecule has 0 radical (unpaired) electrons. The van der Waals surface area contributed by atoms with Crippen molar-refractivity contribution in [1.82, 2.24) is 0 Å². The molecule has 0 heterocycles. The zero-order chi connectivity index (χ0) is 12.4. The van der Waals surface area contributed by atoms with Crippen LogP contribution in [0.15, 0.2) is 30.3 Å². The third-order valence-corrected chi connectivity index (χ3v) is 4.41. The van der Waals surface area contributed by atoms with Crippen LogP contribution in [0.3, 0.4) is 0 Å². The van der Waals surface area contributed by atoms with E-state index in [0.29, 0.717) is 24.2 Å². The largest absolute Gasteiger partial charge is 0.365 e. The Kier molecular flexibility index (Phi) is 3.46. The molecule has 0 N–H and O–H groups in total. The summed E-state index contributed by atoms with van der Waals surface area (Å²) in [7, 11) is 0. The fourth-order valence-corrected chi connectivity index (χ4v) is 3.48. The van der Waals surface area contributed by atoms with Crippen molar-refractivity contribution in [2.75, 3.05) is 0 Å². The standard InChI is InChI=1S/C16H20O2/c17-15-10-13-8-4-5-9-14(13)16(15)18-11-12-6-2-1-3-7-12/h1-3,6-7,13-14,16H,4-5,8-11H2/t13-,14-,16+/m0/s1. The summed E-state index contributed by atoms with van der Waals surface area (Å²) in [6.07, 6.45) is 5.58. The number of hydrogen-bond acceptors (Lipinski definition) is 2. The van der Waals surface area contributed by atoms with Gasteiger partial charge in [-0.05, 0) is 30.2 Å². The number of hydrogen-bond donors (Lipinski definition) is 0. The third kappa shape index (κ3) is 2.35. The molecule has 0 aliphatic heterocycles. The third-order valence-electron chi connectivity index (χ3n) is 4.41. The van der Waals surface area contributed by atoms with Crippen molar-refractivity contribution in [3.8, 4) is 0 Å². The van der Waals surface area contributed by atoms with Gasteiger partial charge in [0.1, 0.15) is 6.10 Å².